The van der Waals surface area contributed by atoms with Gasteiger partial charge in [0.15, 0.2) is 0 Å². The molecule has 3 amide bonds. The number of piperidine rings is 1. The highest BCUT2D eigenvalue weighted by molar-refractivity contribution is 7.15. The summed E-state index contributed by atoms with van der Waals surface area (Å²) in [5.74, 6) is 0.377. The maximum atomic E-state index is 12.8. The van der Waals surface area contributed by atoms with Gasteiger partial charge in [-0.2, -0.15) is 0 Å². The van der Waals surface area contributed by atoms with Gasteiger partial charge in [0.05, 0.1) is 6.26 Å². The number of hydrogen-bond acceptors (Lipinski definition) is 7. The van der Waals surface area contributed by atoms with E-state index >= 15 is 0 Å². The van der Waals surface area contributed by atoms with Gasteiger partial charge in [-0.15, -0.1) is 10.2 Å². The van der Waals surface area contributed by atoms with Crippen molar-refractivity contribution in [3.8, 4) is 0 Å². The first kappa shape index (κ1) is 23.9. The summed E-state index contributed by atoms with van der Waals surface area (Å²) in [6.45, 7) is 1.60. The number of carbonyl (C=O) groups is 3. The lowest BCUT2D eigenvalue weighted by molar-refractivity contribution is -0.122. The van der Waals surface area contributed by atoms with Crippen molar-refractivity contribution < 1.29 is 18.8 Å². The summed E-state index contributed by atoms with van der Waals surface area (Å²) in [6, 6.07) is 10.5. The highest BCUT2D eigenvalue weighted by Gasteiger charge is 2.28. The van der Waals surface area contributed by atoms with E-state index in [4.69, 9.17) is 16.0 Å². The standard InChI is InChI=1S/C23H24ClN5O4S/c24-16-3-1-4-17(14-16)26-20(31)21-27-28-22(34-21)23(32)29-10-7-15(8-11-29)13-19(30)25-9-6-18-5-2-12-33-18/h1-5,12,14-15H,6-11,13H2,(H,25,30)(H,26,31). The van der Waals surface area contributed by atoms with Crippen molar-refractivity contribution in [2.75, 3.05) is 25.0 Å². The van der Waals surface area contributed by atoms with Crippen LogP contribution in [0.25, 0.3) is 0 Å². The lowest BCUT2D eigenvalue weighted by Crippen LogP contribution is -2.39. The van der Waals surface area contributed by atoms with E-state index in [1.807, 2.05) is 12.1 Å². The van der Waals surface area contributed by atoms with Crippen LogP contribution in [0, 0.1) is 5.92 Å². The number of halogens is 1. The van der Waals surface area contributed by atoms with E-state index in [0.29, 0.717) is 43.2 Å². The molecule has 3 aromatic rings. The van der Waals surface area contributed by atoms with Gasteiger partial charge in [-0.3, -0.25) is 14.4 Å². The van der Waals surface area contributed by atoms with Crippen LogP contribution in [0.3, 0.4) is 0 Å². The quantitative estimate of drug-likeness (QED) is 0.486. The van der Waals surface area contributed by atoms with Crippen molar-refractivity contribution in [2.45, 2.75) is 25.7 Å². The third kappa shape index (κ3) is 6.42. The first-order valence-electron chi connectivity index (χ1n) is 11.0. The van der Waals surface area contributed by atoms with E-state index < -0.39 is 5.91 Å². The third-order valence-electron chi connectivity index (χ3n) is 5.53. The molecule has 11 heteroatoms. The van der Waals surface area contributed by atoms with Crippen LogP contribution in [-0.4, -0.2) is 52.5 Å². The largest absolute Gasteiger partial charge is 0.469 e. The molecule has 0 aliphatic carbocycles. The number of anilines is 1. The molecule has 2 N–H and O–H groups in total. The molecular formula is C23H24ClN5O4S. The number of likely N-dealkylation sites (tertiary alicyclic amines) is 1. The second-order valence-electron chi connectivity index (χ2n) is 8.00. The minimum Gasteiger partial charge on any atom is -0.469 e. The molecule has 178 valence electrons. The number of rotatable bonds is 8. The topological polar surface area (TPSA) is 117 Å². The molecule has 9 nitrogen and oxygen atoms in total. The maximum Gasteiger partial charge on any atom is 0.286 e. The number of aromatic nitrogens is 2. The molecule has 0 bridgehead atoms. The second-order valence-corrected chi connectivity index (χ2v) is 9.41. The minimum absolute atomic E-state index is 0.0100. The summed E-state index contributed by atoms with van der Waals surface area (Å²) in [4.78, 5) is 39.1. The van der Waals surface area contributed by atoms with Crippen LogP contribution in [0.5, 0.6) is 0 Å². The molecule has 1 aliphatic rings. The number of benzene rings is 1. The fourth-order valence-corrected chi connectivity index (χ4v) is 4.64. The fourth-order valence-electron chi connectivity index (χ4n) is 3.74. The van der Waals surface area contributed by atoms with Crippen LogP contribution in [0.4, 0.5) is 5.69 Å². The van der Waals surface area contributed by atoms with Crippen LogP contribution in [-0.2, 0) is 11.2 Å². The maximum absolute atomic E-state index is 12.8. The van der Waals surface area contributed by atoms with E-state index in [-0.39, 0.29) is 27.7 Å². The van der Waals surface area contributed by atoms with Crippen molar-refractivity contribution >= 4 is 46.3 Å². The number of nitrogens with zero attached hydrogens (tertiary/aromatic N) is 3. The molecule has 1 saturated heterocycles. The molecule has 0 atom stereocenters. The molecule has 2 aromatic heterocycles. The normalized spacial score (nSPS) is 14.1. The number of carbonyl (C=O) groups excluding carboxylic acids is 3. The highest BCUT2D eigenvalue weighted by atomic mass is 35.5. The average molecular weight is 502 g/mol. The second kappa shape index (κ2) is 11.3. The number of nitrogens with one attached hydrogen (secondary N) is 2. The number of hydrogen-bond donors (Lipinski definition) is 2. The summed E-state index contributed by atoms with van der Waals surface area (Å²) in [6.07, 6.45) is 4.18. The lowest BCUT2D eigenvalue weighted by atomic mass is 9.93. The lowest BCUT2D eigenvalue weighted by Gasteiger charge is -2.31. The Balaban J connectivity index is 1.21. The van der Waals surface area contributed by atoms with Crippen molar-refractivity contribution in [3.63, 3.8) is 0 Å². The summed E-state index contributed by atoms with van der Waals surface area (Å²) in [5, 5.41) is 14.2. The third-order valence-corrected chi connectivity index (χ3v) is 6.68. The van der Waals surface area contributed by atoms with Crippen LogP contribution in [0.15, 0.2) is 47.1 Å². The van der Waals surface area contributed by atoms with E-state index in [0.717, 1.165) is 29.9 Å². The Labute approximate surface area is 205 Å². The molecule has 0 saturated carbocycles. The molecule has 1 fully saturated rings. The first-order valence-corrected chi connectivity index (χ1v) is 12.2. The first-order chi connectivity index (χ1) is 16.5. The van der Waals surface area contributed by atoms with Gasteiger partial charge in [-0.25, -0.2) is 0 Å². The Kier molecular flexibility index (Phi) is 7.91. The van der Waals surface area contributed by atoms with Gasteiger partial charge < -0.3 is 20.0 Å². The smallest absolute Gasteiger partial charge is 0.286 e. The van der Waals surface area contributed by atoms with Crippen molar-refractivity contribution in [3.05, 3.63) is 63.5 Å². The molecule has 1 aliphatic heterocycles. The number of amides is 3. The van der Waals surface area contributed by atoms with Crippen molar-refractivity contribution in [2.24, 2.45) is 5.92 Å². The van der Waals surface area contributed by atoms with Crippen LogP contribution < -0.4 is 10.6 Å². The van der Waals surface area contributed by atoms with Gasteiger partial charge in [-0.1, -0.05) is 29.0 Å². The molecule has 0 spiro atoms. The minimum atomic E-state index is -0.449. The number of furan rings is 1. The van der Waals surface area contributed by atoms with Gasteiger partial charge in [0.25, 0.3) is 11.8 Å². The van der Waals surface area contributed by atoms with Crippen molar-refractivity contribution in [1.82, 2.24) is 20.4 Å². The van der Waals surface area contributed by atoms with Gasteiger partial charge in [0.2, 0.25) is 15.9 Å². The summed E-state index contributed by atoms with van der Waals surface area (Å²) in [7, 11) is 0. The summed E-state index contributed by atoms with van der Waals surface area (Å²) in [5.41, 5.74) is 0.535. The van der Waals surface area contributed by atoms with E-state index in [1.54, 1.807) is 35.4 Å². The van der Waals surface area contributed by atoms with Gasteiger partial charge >= 0.3 is 0 Å². The predicted octanol–water partition coefficient (Wildman–Crippen LogP) is 3.64. The monoisotopic (exact) mass is 501 g/mol. The molecule has 1 aromatic carbocycles. The average Bonchev–Trinajstić information content (AvgIpc) is 3.52. The van der Waals surface area contributed by atoms with E-state index in [1.165, 1.54) is 0 Å². The molecule has 34 heavy (non-hydrogen) atoms. The SMILES string of the molecule is O=C(CC1CCN(C(=O)c2nnc(C(=O)Nc3cccc(Cl)c3)s2)CC1)NCCc1ccco1. The molecular weight excluding hydrogens is 478 g/mol. The van der Waals surface area contributed by atoms with E-state index in [2.05, 4.69) is 20.8 Å². The fraction of sp³-hybridized carbons (Fsp3) is 0.348. The Bertz CT molecular complexity index is 1140. The summed E-state index contributed by atoms with van der Waals surface area (Å²) < 4.78 is 5.26. The van der Waals surface area contributed by atoms with Crippen molar-refractivity contribution in [1.29, 1.82) is 0 Å². The molecule has 0 radical (unpaired) electrons. The van der Waals surface area contributed by atoms with Gasteiger partial charge in [0, 0.05) is 43.2 Å². The summed E-state index contributed by atoms with van der Waals surface area (Å²) >= 11 is 6.89. The molecule has 4 rings (SSSR count). The van der Waals surface area contributed by atoms with Gasteiger partial charge in [-0.05, 0) is 49.1 Å². The Morgan fingerprint density at radius 1 is 1.12 bits per heavy atom. The molecule has 0 unspecified atom stereocenters. The van der Waals surface area contributed by atoms with Crippen LogP contribution in [0.1, 0.15) is 44.6 Å². The van der Waals surface area contributed by atoms with Crippen LogP contribution in [0.2, 0.25) is 5.02 Å². The van der Waals surface area contributed by atoms with Crippen LogP contribution >= 0.6 is 22.9 Å². The van der Waals surface area contributed by atoms with Gasteiger partial charge in [0.1, 0.15) is 5.76 Å². The zero-order valence-electron chi connectivity index (χ0n) is 18.3. The highest BCUT2D eigenvalue weighted by Crippen LogP contribution is 2.23. The Hall–Kier alpha value is -3.24. The zero-order chi connectivity index (χ0) is 23.9. The zero-order valence-corrected chi connectivity index (χ0v) is 19.9. The Morgan fingerprint density at radius 2 is 1.91 bits per heavy atom. The van der Waals surface area contributed by atoms with E-state index in [9.17, 15) is 14.4 Å². The molecule has 3 heterocycles. The Morgan fingerprint density at radius 3 is 2.65 bits per heavy atom. The predicted molar refractivity (Wildman–Crippen MR) is 128 cm³/mol.